The number of furan rings is 2. The normalized spacial score (nSPS) is 14.9. The van der Waals surface area contributed by atoms with E-state index in [1.165, 1.54) is 42.6 Å². The summed E-state index contributed by atoms with van der Waals surface area (Å²) in [6, 6.07) is 13.9. The van der Waals surface area contributed by atoms with Crippen LogP contribution in [0.4, 0.5) is 4.79 Å². The van der Waals surface area contributed by atoms with E-state index >= 15 is 0 Å². The Bertz CT molecular complexity index is 1170. The topological polar surface area (TPSA) is 102 Å². The van der Waals surface area contributed by atoms with E-state index in [0.717, 1.165) is 9.80 Å². The molecule has 0 aliphatic carbocycles. The predicted octanol–water partition coefficient (Wildman–Crippen LogP) is 4.21. The monoisotopic (exact) mass is 438 g/mol. The van der Waals surface area contributed by atoms with Gasteiger partial charge in [-0.2, -0.15) is 0 Å². The number of amides is 3. The van der Waals surface area contributed by atoms with Crippen LogP contribution in [0.3, 0.4) is 0 Å². The van der Waals surface area contributed by atoms with Crippen LogP contribution in [-0.4, -0.2) is 29.9 Å². The molecule has 3 aromatic rings. The zero-order valence-electron chi connectivity index (χ0n) is 16.7. The van der Waals surface area contributed by atoms with Crippen molar-refractivity contribution >= 4 is 35.7 Å². The summed E-state index contributed by atoms with van der Waals surface area (Å²) in [5.74, 6) is -0.452. The first-order chi connectivity index (χ1) is 14.9. The maximum absolute atomic E-state index is 12.6. The molecular formula is C22H18N2O6S. The van der Waals surface area contributed by atoms with Crippen LogP contribution < -0.4 is 5.32 Å². The molecule has 1 saturated heterocycles. The second-order valence-electron chi connectivity index (χ2n) is 6.71. The molecule has 8 nitrogen and oxygen atoms in total. The highest BCUT2D eigenvalue weighted by Gasteiger charge is 2.34. The van der Waals surface area contributed by atoms with Crippen LogP contribution in [-0.2, 0) is 16.1 Å². The van der Waals surface area contributed by atoms with Crippen molar-refractivity contribution in [1.29, 1.82) is 0 Å². The predicted molar refractivity (Wildman–Crippen MR) is 111 cm³/mol. The van der Waals surface area contributed by atoms with Crippen molar-refractivity contribution in [3.05, 3.63) is 77.1 Å². The van der Waals surface area contributed by atoms with E-state index in [4.69, 9.17) is 8.83 Å². The van der Waals surface area contributed by atoms with Crippen LogP contribution in [0, 0.1) is 6.92 Å². The number of aryl methyl sites for hydroxylation is 1. The van der Waals surface area contributed by atoms with Crippen molar-refractivity contribution < 1.29 is 28.0 Å². The largest absolute Gasteiger partial charge is 0.463 e. The summed E-state index contributed by atoms with van der Waals surface area (Å²) in [5.41, 5.74) is 1.26. The van der Waals surface area contributed by atoms with Gasteiger partial charge in [0.1, 0.15) is 17.2 Å². The van der Waals surface area contributed by atoms with Gasteiger partial charge < -0.3 is 18.9 Å². The summed E-state index contributed by atoms with van der Waals surface area (Å²) in [7, 11) is 1.23. The first kappa shape index (κ1) is 20.5. The lowest BCUT2D eigenvalue weighted by molar-refractivity contribution is -0.123. The molecule has 0 radical (unpaired) electrons. The molecule has 3 heterocycles. The highest BCUT2D eigenvalue weighted by atomic mass is 32.2. The Morgan fingerprint density at radius 1 is 1.10 bits per heavy atom. The fourth-order valence-electron chi connectivity index (χ4n) is 2.88. The zero-order valence-corrected chi connectivity index (χ0v) is 17.5. The number of esters is 1. The van der Waals surface area contributed by atoms with E-state index in [1.807, 2.05) is 31.2 Å². The fraction of sp³-hybridized carbons (Fsp3) is 0.136. The van der Waals surface area contributed by atoms with Gasteiger partial charge in [0.15, 0.2) is 5.09 Å². The summed E-state index contributed by atoms with van der Waals surface area (Å²) in [6.07, 6.45) is 1.47. The van der Waals surface area contributed by atoms with E-state index < -0.39 is 17.9 Å². The second kappa shape index (κ2) is 8.57. The lowest BCUT2D eigenvalue weighted by atomic mass is 10.2. The Morgan fingerprint density at radius 2 is 1.87 bits per heavy atom. The van der Waals surface area contributed by atoms with E-state index in [0.29, 0.717) is 10.9 Å². The molecular weight excluding hydrogens is 420 g/mol. The first-order valence-corrected chi connectivity index (χ1v) is 10.1. The Balaban J connectivity index is 1.44. The summed E-state index contributed by atoms with van der Waals surface area (Å²) in [5, 5.41) is 3.19. The van der Waals surface area contributed by atoms with E-state index in [1.54, 1.807) is 12.1 Å². The summed E-state index contributed by atoms with van der Waals surface area (Å²) < 4.78 is 15.7. The number of hydrogen-bond donors (Lipinski definition) is 1. The number of carbonyl (C=O) groups is 3. The van der Waals surface area contributed by atoms with Gasteiger partial charge in [-0.25, -0.2) is 9.59 Å². The van der Waals surface area contributed by atoms with Crippen molar-refractivity contribution in [3.63, 3.8) is 0 Å². The number of nitrogens with zero attached hydrogens (tertiary/aromatic N) is 1. The minimum atomic E-state index is -0.638. The molecule has 1 fully saturated rings. The lowest BCUT2D eigenvalue weighted by Crippen LogP contribution is -2.30. The van der Waals surface area contributed by atoms with Crippen LogP contribution in [0.1, 0.15) is 27.6 Å². The number of benzene rings is 1. The molecule has 9 heteroatoms. The quantitative estimate of drug-likeness (QED) is 0.349. The van der Waals surface area contributed by atoms with Gasteiger partial charge in [0.2, 0.25) is 5.76 Å². The number of methoxy groups -OCH3 is 1. The second-order valence-corrected chi connectivity index (χ2v) is 7.79. The van der Waals surface area contributed by atoms with Crippen molar-refractivity contribution in [2.45, 2.75) is 23.5 Å². The molecule has 1 aliphatic heterocycles. The molecule has 158 valence electrons. The molecule has 0 atom stereocenters. The van der Waals surface area contributed by atoms with Gasteiger partial charge in [-0.3, -0.25) is 9.69 Å². The molecule has 1 aromatic carbocycles. The minimum absolute atomic E-state index is 0.00508. The number of ether oxygens (including phenoxy) is 1. The SMILES string of the molecule is COC(=O)c1ccc(CN2C(=O)N/C(=C\c3ccc(Sc4ccc(C)cc4)o3)C2=O)o1. The number of rotatable bonds is 6. The Morgan fingerprint density at radius 3 is 2.61 bits per heavy atom. The molecule has 0 saturated carbocycles. The van der Waals surface area contributed by atoms with Crippen LogP contribution in [0.15, 0.2) is 73.1 Å². The third-order valence-corrected chi connectivity index (χ3v) is 5.38. The van der Waals surface area contributed by atoms with Gasteiger partial charge in [-0.15, -0.1) is 0 Å². The molecule has 1 aliphatic rings. The maximum Gasteiger partial charge on any atom is 0.373 e. The average Bonchev–Trinajstić information content (AvgIpc) is 3.47. The Hall–Kier alpha value is -3.72. The summed E-state index contributed by atoms with van der Waals surface area (Å²) in [4.78, 5) is 38.4. The number of hydrogen-bond acceptors (Lipinski definition) is 7. The number of nitrogens with one attached hydrogen (secondary N) is 1. The van der Waals surface area contributed by atoms with Crippen LogP contribution >= 0.6 is 11.8 Å². The zero-order chi connectivity index (χ0) is 22.0. The molecule has 31 heavy (non-hydrogen) atoms. The smallest absolute Gasteiger partial charge is 0.373 e. The van der Waals surface area contributed by atoms with Gasteiger partial charge in [-0.1, -0.05) is 29.5 Å². The van der Waals surface area contributed by atoms with Gasteiger partial charge in [0.25, 0.3) is 5.91 Å². The van der Waals surface area contributed by atoms with Crippen molar-refractivity contribution in [3.8, 4) is 0 Å². The lowest BCUT2D eigenvalue weighted by Gasteiger charge is -2.09. The molecule has 1 N–H and O–H groups in total. The van der Waals surface area contributed by atoms with Gasteiger partial charge in [0.05, 0.1) is 13.7 Å². The van der Waals surface area contributed by atoms with Crippen LogP contribution in [0.2, 0.25) is 0 Å². The average molecular weight is 438 g/mol. The Kier molecular flexibility index (Phi) is 5.68. The molecule has 4 rings (SSSR count). The molecule has 0 bridgehead atoms. The third kappa shape index (κ3) is 4.56. The molecule has 3 amide bonds. The third-order valence-electron chi connectivity index (χ3n) is 4.45. The van der Waals surface area contributed by atoms with E-state index in [9.17, 15) is 14.4 Å². The standard InChI is InChI=1S/C22H18N2O6S/c1-13-3-7-16(8-4-13)31-19-10-6-14(30-19)11-17-20(25)24(22(27)23-17)12-15-5-9-18(29-15)21(26)28-2/h3-11H,12H2,1-2H3,(H,23,27)/b17-11-. The highest BCUT2D eigenvalue weighted by Crippen LogP contribution is 2.30. The van der Waals surface area contributed by atoms with E-state index in [2.05, 4.69) is 10.1 Å². The fourth-order valence-corrected chi connectivity index (χ4v) is 3.65. The number of urea groups is 1. The Labute approximate surface area is 181 Å². The summed E-state index contributed by atoms with van der Waals surface area (Å²) in [6.45, 7) is 1.90. The number of carbonyl (C=O) groups excluding carboxylic acids is 3. The van der Waals surface area contributed by atoms with Crippen molar-refractivity contribution in [2.24, 2.45) is 0 Å². The van der Waals surface area contributed by atoms with Crippen molar-refractivity contribution in [1.82, 2.24) is 10.2 Å². The van der Waals surface area contributed by atoms with Crippen LogP contribution in [0.5, 0.6) is 0 Å². The van der Waals surface area contributed by atoms with Crippen molar-refractivity contribution in [2.75, 3.05) is 7.11 Å². The molecule has 0 unspecified atom stereocenters. The first-order valence-electron chi connectivity index (χ1n) is 9.29. The van der Waals surface area contributed by atoms with Gasteiger partial charge in [-0.05, 0) is 43.3 Å². The van der Waals surface area contributed by atoms with Crippen LogP contribution in [0.25, 0.3) is 6.08 Å². The number of imide groups is 1. The molecule has 2 aromatic heterocycles. The highest BCUT2D eigenvalue weighted by molar-refractivity contribution is 7.99. The minimum Gasteiger partial charge on any atom is -0.463 e. The maximum atomic E-state index is 12.6. The molecule has 0 spiro atoms. The van der Waals surface area contributed by atoms with Gasteiger partial charge >= 0.3 is 12.0 Å². The summed E-state index contributed by atoms with van der Waals surface area (Å²) >= 11 is 1.46. The van der Waals surface area contributed by atoms with E-state index in [-0.39, 0.29) is 23.8 Å². The van der Waals surface area contributed by atoms with Gasteiger partial charge in [0, 0.05) is 11.0 Å².